The zero-order valence-electron chi connectivity index (χ0n) is 10.5. The number of thiophene rings is 1. The van der Waals surface area contributed by atoms with Gasteiger partial charge in [-0.05, 0) is 18.9 Å². The second-order valence-electron chi connectivity index (χ2n) is 4.66. The van der Waals surface area contributed by atoms with Crippen molar-refractivity contribution in [2.75, 3.05) is 13.1 Å². The molecule has 3 rings (SSSR count). The Morgan fingerprint density at radius 2 is 2.30 bits per heavy atom. The van der Waals surface area contributed by atoms with Crippen LogP contribution in [0.5, 0.6) is 0 Å². The Morgan fingerprint density at radius 1 is 1.45 bits per heavy atom. The highest BCUT2D eigenvalue weighted by Gasteiger charge is 2.27. The van der Waals surface area contributed by atoms with Crippen LogP contribution in [0.4, 0.5) is 0 Å². The molecular weight excluding hydrogens is 319 g/mol. The fourth-order valence-corrected chi connectivity index (χ4v) is 3.87. The van der Waals surface area contributed by atoms with E-state index in [4.69, 9.17) is 23.2 Å². The van der Waals surface area contributed by atoms with Gasteiger partial charge in [-0.25, -0.2) is 9.67 Å². The van der Waals surface area contributed by atoms with E-state index in [0.717, 1.165) is 19.4 Å². The molecule has 0 saturated carbocycles. The van der Waals surface area contributed by atoms with Crippen LogP contribution < -0.4 is 0 Å². The van der Waals surface area contributed by atoms with Crippen molar-refractivity contribution in [1.29, 1.82) is 0 Å². The number of halogens is 2. The molecule has 0 spiro atoms. The third-order valence-corrected chi connectivity index (χ3v) is 4.87. The van der Waals surface area contributed by atoms with E-state index in [1.165, 1.54) is 17.7 Å². The number of hydrogen-bond acceptors (Lipinski definition) is 4. The molecule has 0 radical (unpaired) electrons. The summed E-state index contributed by atoms with van der Waals surface area (Å²) in [5.41, 5.74) is 0.487. The van der Waals surface area contributed by atoms with Crippen LogP contribution in [0.1, 0.15) is 29.2 Å². The maximum Gasteiger partial charge on any atom is 0.256 e. The van der Waals surface area contributed by atoms with E-state index in [1.54, 1.807) is 17.3 Å². The molecule has 2 aromatic heterocycles. The summed E-state index contributed by atoms with van der Waals surface area (Å²) < 4.78 is 2.79. The Bertz CT molecular complexity index is 613. The molecule has 1 atom stereocenters. The van der Waals surface area contributed by atoms with Crippen LogP contribution in [-0.2, 0) is 0 Å². The van der Waals surface area contributed by atoms with Gasteiger partial charge in [-0.3, -0.25) is 4.79 Å². The summed E-state index contributed by atoms with van der Waals surface area (Å²) in [5, 5.41) is 4.15. The second kappa shape index (κ2) is 5.71. The molecule has 0 aromatic carbocycles. The number of amides is 1. The minimum atomic E-state index is -0.0667. The lowest BCUT2D eigenvalue weighted by Gasteiger charge is -2.32. The summed E-state index contributed by atoms with van der Waals surface area (Å²) in [7, 11) is 0. The van der Waals surface area contributed by atoms with Gasteiger partial charge in [-0.2, -0.15) is 5.10 Å². The Hall–Kier alpha value is -1.11. The van der Waals surface area contributed by atoms with E-state index < -0.39 is 0 Å². The minimum Gasteiger partial charge on any atom is -0.336 e. The normalized spacial score (nSPS) is 19.3. The number of aromatic nitrogens is 3. The maximum atomic E-state index is 12.5. The highest BCUT2D eigenvalue weighted by molar-refractivity contribution is 7.20. The largest absolute Gasteiger partial charge is 0.336 e. The number of nitrogens with zero attached hydrogens (tertiary/aromatic N) is 4. The molecule has 1 aliphatic heterocycles. The Labute approximate surface area is 130 Å². The summed E-state index contributed by atoms with van der Waals surface area (Å²) in [4.78, 5) is 18.3. The quantitative estimate of drug-likeness (QED) is 0.850. The number of carbonyl (C=O) groups is 1. The highest BCUT2D eigenvalue weighted by Crippen LogP contribution is 2.33. The molecule has 1 fully saturated rings. The van der Waals surface area contributed by atoms with E-state index in [2.05, 4.69) is 10.1 Å². The number of rotatable bonds is 2. The SMILES string of the molecule is O=C(c1cc(Cl)sc1Cl)N1CCCC(n2cncn2)C1. The molecule has 20 heavy (non-hydrogen) atoms. The Kier molecular flexibility index (Phi) is 3.96. The van der Waals surface area contributed by atoms with Gasteiger partial charge in [0.05, 0.1) is 15.9 Å². The molecular formula is C12H12Cl2N4OS. The van der Waals surface area contributed by atoms with Gasteiger partial charge in [0.15, 0.2) is 0 Å². The first kappa shape index (κ1) is 13.9. The predicted molar refractivity (Wildman–Crippen MR) is 78.5 cm³/mol. The molecule has 3 heterocycles. The smallest absolute Gasteiger partial charge is 0.256 e. The van der Waals surface area contributed by atoms with Crippen LogP contribution in [0, 0.1) is 0 Å². The van der Waals surface area contributed by atoms with Crippen LogP contribution in [0.15, 0.2) is 18.7 Å². The van der Waals surface area contributed by atoms with E-state index in [1.807, 2.05) is 4.68 Å². The zero-order valence-corrected chi connectivity index (χ0v) is 12.8. The Morgan fingerprint density at radius 3 is 2.95 bits per heavy atom. The summed E-state index contributed by atoms with van der Waals surface area (Å²) in [6.45, 7) is 1.35. The van der Waals surface area contributed by atoms with Gasteiger partial charge in [-0.15, -0.1) is 11.3 Å². The van der Waals surface area contributed by atoms with Gasteiger partial charge in [0.25, 0.3) is 5.91 Å². The highest BCUT2D eigenvalue weighted by atomic mass is 35.5. The molecule has 0 aliphatic carbocycles. The lowest BCUT2D eigenvalue weighted by Crippen LogP contribution is -2.40. The van der Waals surface area contributed by atoms with Gasteiger partial charge in [0.2, 0.25) is 0 Å². The molecule has 1 saturated heterocycles. The van der Waals surface area contributed by atoms with Crippen molar-refractivity contribution in [2.24, 2.45) is 0 Å². The number of piperidine rings is 1. The summed E-state index contributed by atoms with van der Waals surface area (Å²) in [5.74, 6) is -0.0667. The lowest BCUT2D eigenvalue weighted by atomic mass is 10.1. The van der Waals surface area contributed by atoms with Crippen molar-refractivity contribution in [1.82, 2.24) is 19.7 Å². The predicted octanol–water partition coefficient (Wildman–Crippen LogP) is 3.12. The first-order valence-electron chi connectivity index (χ1n) is 6.23. The van der Waals surface area contributed by atoms with Crippen LogP contribution in [0.25, 0.3) is 0 Å². The molecule has 8 heteroatoms. The summed E-state index contributed by atoms with van der Waals surface area (Å²) in [6.07, 6.45) is 5.13. The molecule has 5 nitrogen and oxygen atoms in total. The van der Waals surface area contributed by atoms with Crippen molar-refractivity contribution in [3.63, 3.8) is 0 Å². The monoisotopic (exact) mass is 330 g/mol. The molecule has 2 aromatic rings. The summed E-state index contributed by atoms with van der Waals surface area (Å²) >= 11 is 13.2. The number of hydrogen-bond donors (Lipinski definition) is 0. The van der Waals surface area contributed by atoms with Crippen molar-refractivity contribution in [3.8, 4) is 0 Å². The first-order chi connectivity index (χ1) is 9.65. The topological polar surface area (TPSA) is 51.0 Å². The molecule has 1 aliphatic rings. The van der Waals surface area contributed by atoms with Gasteiger partial charge >= 0.3 is 0 Å². The van der Waals surface area contributed by atoms with Gasteiger partial charge in [-0.1, -0.05) is 23.2 Å². The van der Waals surface area contributed by atoms with Crippen LogP contribution in [0.2, 0.25) is 8.67 Å². The van der Waals surface area contributed by atoms with E-state index >= 15 is 0 Å². The summed E-state index contributed by atoms with van der Waals surface area (Å²) in [6, 6.07) is 1.80. The first-order valence-corrected chi connectivity index (χ1v) is 7.80. The lowest BCUT2D eigenvalue weighted by molar-refractivity contribution is 0.0673. The second-order valence-corrected chi connectivity index (χ2v) is 6.95. The van der Waals surface area contributed by atoms with Crippen LogP contribution in [0.3, 0.4) is 0 Å². The molecule has 0 N–H and O–H groups in total. The number of carbonyl (C=O) groups excluding carboxylic acids is 1. The standard InChI is InChI=1S/C12H12Cl2N4OS/c13-10-4-9(11(14)20-10)12(19)17-3-1-2-8(5-17)18-7-15-6-16-18/h4,6-8H,1-3,5H2. The average molecular weight is 331 g/mol. The fraction of sp³-hybridized carbons (Fsp3) is 0.417. The van der Waals surface area contributed by atoms with Gasteiger partial charge in [0.1, 0.15) is 17.0 Å². The molecule has 0 bridgehead atoms. The van der Waals surface area contributed by atoms with E-state index in [-0.39, 0.29) is 11.9 Å². The average Bonchev–Trinajstić information content (AvgIpc) is 3.08. The molecule has 1 amide bonds. The van der Waals surface area contributed by atoms with Crippen LogP contribution in [-0.4, -0.2) is 38.7 Å². The third kappa shape index (κ3) is 2.68. The minimum absolute atomic E-state index is 0.0667. The van der Waals surface area contributed by atoms with Crippen LogP contribution >= 0.6 is 34.5 Å². The maximum absolute atomic E-state index is 12.5. The van der Waals surface area contributed by atoms with Gasteiger partial charge in [0, 0.05) is 13.1 Å². The van der Waals surface area contributed by atoms with Gasteiger partial charge < -0.3 is 4.90 Å². The van der Waals surface area contributed by atoms with Crippen molar-refractivity contribution < 1.29 is 4.79 Å². The molecule has 106 valence electrons. The fourth-order valence-electron chi connectivity index (χ4n) is 2.42. The number of likely N-dealkylation sites (tertiary alicyclic amines) is 1. The van der Waals surface area contributed by atoms with Crippen molar-refractivity contribution >= 4 is 40.4 Å². The van der Waals surface area contributed by atoms with Crippen molar-refractivity contribution in [3.05, 3.63) is 33.0 Å². The molecule has 1 unspecified atom stereocenters. The van der Waals surface area contributed by atoms with Crippen molar-refractivity contribution in [2.45, 2.75) is 18.9 Å². The third-order valence-electron chi connectivity index (χ3n) is 3.38. The Balaban J connectivity index is 1.77. The van der Waals surface area contributed by atoms with E-state index in [0.29, 0.717) is 20.8 Å². The zero-order chi connectivity index (χ0) is 14.1. The van der Waals surface area contributed by atoms with E-state index in [9.17, 15) is 4.79 Å².